The van der Waals surface area contributed by atoms with Gasteiger partial charge in [-0.3, -0.25) is 4.98 Å². The lowest BCUT2D eigenvalue weighted by Crippen LogP contribution is -2.14. The van der Waals surface area contributed by atoms with Crippen molar-refractivity contribution in [3.05, 3.63) is 52.8 Å². The summed E-state index contributed by atoms with van der Waals surface area (Å²) >= 11 is 6.02. The normalized spacial score (nSPS) is 9.70. The van der Waals surface area contributed by atoms with Crippen molar-refractivity contribution in [2.45, 2.75) is 20.0 Å². The molecule has 0 radical (unpaired) electrons. The van der Waals surface area contributed by atoms with Gasteiger partial charge in [-0.25, -0.2) is 0 Å². The van der Waals surface area contributed by atoms with Gasteiger partial charge in [0.2, 0.25) is 0 Å². The molecule has 2 aromatic rings. The summed E-state index contributed by atoms with van der Waals surface area (Å²) in [4.78, 5) is 4.31. The lowest BCUT2D eigenvalue weighted by Gasteiger charge is -2.10. The minimum absolute atomic E-state index is 0.411. The number of hydrogen-bond donors (Lipinski definition) is 0. The first-order valence-corrected chi connectivity index (χ1v) is 6.90. The summed E-state index contributed by atoms with van der Waals surface area (Å²) in [6.45, 7) is 2.43. The van der Waals surface area contributed by atoms with E-state index in [-0.39, 0.29) is 0 Å². The van der Waals surface area contributed by atoms with Crippen LogP contribution in [0.4, 0.5) is 0 Å². The molecule has 0 fully saturated rings. The molecule has 0 aliphatic rings. The summed E-state index contributed by atoms with van der Waals surface area (Å²) in [6, 6.07) is 9.42. The number of ether oxygens (including phenoxy) is 1. The molecule has 20 heavy (non-hydrogen) atoms. The minimum Gasteiger partial charge on any atom is -0.486 e. The van der Waals surface area contributed by atoms with Crippen LogP contribution in [-0.4, -0.2) is 12.8 Å². The van der Waals surface area contributed by atoms with Crippen LogP contribution in [0.3, 0.4) is 0 Å². The van der Waals surface area contributed by atoms with Crippen LogP contribution in [0.25, 0.3) is 0 Å². The topological polar surface area (TPSA) is 22.1 Å². The Morgan fingerprint density at radius 3 is 2.95 bits per heavy atom. The average Bonchev–Trinajstić information content (AvgIpc) is 2.45. The van der Waals surface area contributed by atoms with Gasteiger partial charge in [0.15, 0.2) is 0 Å². The van der Waals surface area contributed by atoms with Crippen molar-refractivity contribution in [3.63, 3.8) is 0 Å². The second-order valence-electron chi connectivity index (χ2n) is 4.35. The van der Waals surface area contributed by atoms with Crippen molar-refractivity contribution in [2.75, 3.05) is 0 Å². The zero-order chi connectivity index (χ0) is 14.4. The van der Waals surface area contributed by atoms with Crippen LogP contribution in [-0.2, 0) is 6.61 Å². The summed E-state index contributed by atoms with van der Waals surface area (Å²) in [5.41, 5.74) is 2.88. The highest BCUT2D eigenvalue weighted by molar-refractivity contribution is 6.33. The highest BCUT2D eigenvalue weighted by Gasteiger charge is 2.05. The number of hydrogen-bond acceptors (Lipinski definition) is 2. The van der Waals surface area contributed by atoms with Gasteiger partial charge in [0, 0.05) is 23.7 Å². The van der Waals surface area contributed by atoms with Crippen molar-refractivity contribution < 1.29 is 4.74 Å². The first kappa shape index (κ1) is 14.5. The fourth-order valence-electron chi connectivity index (χ4n) is 1.72. The Kier molecular flexibility index (Phi) is 5.09. The van der Waals surface area contributed by atoms with Crippen LogP contribution in [0.1, 0.15) is 24.6 Å². The smallest absolute Gasteiger partial charge is 0.141 e. The Morgan fingerprint density at radius 1 is 1.35 bits per heavy atom. The third kappa shape index (κ3) is 3.79. The molecule has 1 heterocycles. The molecule has 0 saturated carbocycles. The molecule has 0 aliphatic carbocycles. The maximum atomic E-state index is 6.02. The monoisotopic (exact) mass is 283 g/mol. The Morgan fingerprint density at radius 2 is 2.20 bits per heavy atom. The maximum absolute atomic E-state index is 6.02. The number of pyridine rings is 1. The predicted molar refractivity (Wildman–Crippen MR) is 85.4 cm³/mol. The molecule has 100 valence electrons. The highest BCUT2D eigenvalue weighted by atomic mass is 35.5. The Bertz CT molecular complexity index is 661. The van der Waals surface area contributed by atoms with Crippen molar-refractivity contribution in [2.24, 2.45) is 0 Å². The van der Waals surface area contributed by atoms with Crippen molar-refractivity contribution in [1.29, 1.82) is 0 Å². The largest absolute Gasteiger partial charge is 0.486 e. The lowest BCUT2D eigenvalue weighted by atomic mass is 9.95. The molecule has 0 N–H and O–H groups in total. The first-order chi connectivity index (χ1) is 9.70. The number of rotatable bonds is 3. The summed E-state index contributed by atoms with van der Waals surface area (Å²) in [5.74, 6) is 6.83. The van der Waals surface area contributed by atoms with Gasteiger partial charge in [0.1, 0.15) is 20.2 Å². The standard InChI is InChI=1S/C16H15BClNO/c1-2-3-5-12-7-8-13(18)10-16(12)20-11-15-14(17)6-4-9-19-15/h4,6-10H,2,11,17H2,1H3. The van der Waals surface area contributed by atoms with Gasteiger partial charge in [-0.05, 0) is 18.2 Å². The molecule has 0 unspecified atom stereocenters. The van der Waals surface area contributed by atoms with Crippen molar-refractivity contribution in [1.82, 2.24) is 4.98 Å². The van der Waals surface area contributed by atoms with Crippen LogP contribution in [0.2, 0.25) is 5.02 Å². The second-order valence-corrected chi connectivity index (χ2v) is 4.79. The quantitative estimate of drug-likeness (QED) is 0.637. The molecule has 0 spiro atoms. The van der Waals surface area contributed by atoms with E-state index in [4.69, 9.17) is 16.3 Å². The second kappa shape index (κ2) is 7.02. The van der Waals surface area contributed by atoms with E-state index in [9.17, 15) is 0 Å². The van der Waals surface area contributed by atoms with Gasteiger partial charge < -0.3 is 4.74 Å². The van der Waals surface area contributed by atoms with Crippen LogP contribution in [0, 0.1) is 11.8 Å². The molecule has 0 bridgehead atoms. The van der Waals surface area contributed by atoms with Crippen LogP contribution in [0.15, 0.2) is 36.5 Å². The van der Waals surface area contributed by atoms with E-state index in [1.165, 1.54) is 0 Å². The third-order valence-corrected chi connectivity index (χ3v) is 3.06. The molecule has 0 aliphatic heterocycles. The summed E-state index contributed by atoms with van der Waals surface area (Å²) in [6.07, 6.45) is 2.57. The van der Waals surface area contributed by atoms with Crippen LogP contribution >= 0.6 is 11.6 Å². The molecule has 0 atom stereocenters. The minimum atomic E-state index is 0.411. The van der Waals surface area contributed by atoms with Gasteiger partial charge in [0.25, 0.3) is 0 Å². The Labute approximate surface area is 125 Å². The van der Waals surface area contributed by atoms with E-state index in [2.05, 4.69) is 16.8 Å². The third-order valence-electron chi connectivity index (χ3n) is 2.83. The van der Waals surface area contributed by atoms with Crippen LogP contribution < -0.4 is 10.2 Å². The van der Waals surface area contributed by atoms with E-state index in [0.717, 1.165) is 23.1 Å². The summed E-state index contributed by atoms with van der Waals surface area (Å²) < 4.78 is 5.83. The van der Waals surface area contributed by atoms with E-state index in [1.54, 1.807) is 12.3 Å². The van der Waals surface area contributed by atoms with E-state index < -0.39 is 0 Å². The molecular formula is C16H15BClNO. The average molecular weight is 284 g/mol. The van der Waals surface area contributed by atoms with Gasteiger partial charge in [-0.1, -0.05) is 41.9 Å². The fraction of sp³-hybridized carbons (Fsp3) is 0.188. The SMILES string of the molecule is Bc1cccnc1COc1cc(Cl)ccc1C#CCC. The Hall–Kier alpha value is -1.92. The molecule has 2 rings (SSSR count). The molecule has 0 amide bonds. The van der Waals surface area contributed by atoms with Gasteiger partial charge in [-0.2, -0.15) is 0 Å². The number of benzene rings is 1. The van der Waals surface area contributed by atoms with Crippen molar-refractivity contribution >= 4 is 24.9 Å². The van der Waals surface area contributed by atoms with E-state index in [0.29, 0.717) is 17.4 Å². The summed E-state index contributed by atoms with van der Waals surface area (Å²) in [7, 11) is 2.02. The molecule has 2 nitrogen and oxygen atoms in total. The fourth-order valence-corrected chi connectivity index (χ4v) is 1.88. The molecule has 4 heteroatoms. The van der Waals surface area contributed by atoms with Gasteiger partial charge in [0.05, 0.1) is 11.3 Å². The molecule has 1 aromatic heterocycles. The zero-order valence-electron chi connectivity index (χ0n) is 11.6. The number of nitrogens with zero attached hydrogens (tertiary/aromatic N) is 1. The van der Waals surface area contributed by atoms with E-state index >= 15 is 0 Å². The molecule has 1 aromatic carbocycles. The van der Waals surface area contributed by atoms with Crippen LogP contribution in [0.5, 0.6) is 5.75 Å². The van der Waals surface area contributed by atoms with E-state index in [1.807, 2.05) is 39.0 Å². The number of halogens is 1. The zero-order valence-corrected chi connectivity index (χ0v) is 12.4. The number of aromatic nitrogens is 1. The molecule has 0 saturated heterocycles. The maximum Gasteiger partial charge on any atom is 0.141 e. The van der Waals surface area contributed by atoms with Gasteiger partial charge in [-0.15, -0.1) is 0 Å². The predicted octanol–water partition coefficient (Wildman–Crippen LogP) is 2.33. The Balaban J connectivity index is 2.20. The molecular weight excluding hydrogens is 268 g/mol. The summed E-state index contributed by atoms with van der Waals surface area (Å²) in [5, 5.41) is 0.639. The highest BCUT2D eigenvalue weighted by Crippen LogP contribution is 2.23. The lowest BCUT2D eigenvalue weighted by molar-refractivity contribution is 0.301. The first-order valence-electron chi connectivity index (χ1n) is 6.52. The van der Waals surface area contributed by atoms with Gasteiger partial charge >= 0.3 is 0 Å². The van der Waals surface area contributed by atoms with Crippen molar-refractivity contribution in [3.8, 4) is 17.6 Å².